The van der Waals surface area contributed by atoms with Crippen LogP contribution in [0, 0.1) is 5.82 Å². The van der Waals surface area contributed by atoms with Gasteiger partial charge in [-0.2, -0.15) is 0 Å². The minimum atomic E-state index is -0.723. The fourth-order valence-corrected chi connectivity index (χ4v) is 3.15. The first-order valence-corrected chi connectivity index (χ1v) is 8.33. The van der Waals surface area contributed by atoms with Gasteiger partial charge in [0.25, 0.3) is 0 Å². The second-order valence-corrected chi connectivity index (χ2v) is 7.77. The first kappa shape index (κ1) is 15.4. The summed E-state index contributed by atoms with van der Waals surface area (Å²) in [6, 6.07) is 1.53. The molecule has 1 fully saturated rings. The van der Waals surface area contributed by atoms with Crippen molar-refractivity contribution in [1.82, 2.24) is 10.3 Å². The Morgan fingerprint density at radius 2 is 2.05 bits per heavy atom. The molecule has 1 aromatic heterocycles. The molecular formula is C14H22FN3OS. The molecule has 0 saturated carbocycles. The summed E-state index contributed by atoms with van der Waals surface area (Å²) in [5, 5.41) is 3.36. The van der Waals surface area contributed by atoms with E-state index in [2.05, 4.69) is 36.0 Å². The van der Waals surface area contributed by atoms with Crippen LogP contribution in [0.2, 0.25) is 0 Å². The third-order valence-electron chi connectivity index (χ3n) is 3.20. The minimum Gasteiger partial charge on any atom is -0.355 e. The van der Waals surface area contributed by atoms with Gasteiger partial charge < -0.3 is 10.2 Å². The summed E-state index contributed by atoms with van der Waals surface area (Å²) in [5.74, 6) is 1.80. The van der Waals surface area contributed by atoms with Crippen molar-refractivity contribution in [2.24, 2.45) is 0 Å². The van der Waals surface area contributed by atoms with E-state index in [1.54, 1.807) is 0 Å². The summed E-state index contributed by atoms with van der Waals surface area (Å²) in [6.07, 6.45) is 1.25. The Hall–Kier alpha value is -1.01. The van der Waals surface area contributed by atoms with Gasteiger partial charge >= 0.3 is 0 Å². The van der Waals surface area contributed by atoms with Crippen molar-refractivity contribution in [2.75, 3.05) is 29.5 Å². The van der Waals surface area contributed by atoms with Crippen LogP contribution in [0.15, 0.2) is 12.3 Å². The zero-order valence-corrected chi connectivity index (χ0v) is 13.1. The van der Waals surface area contributed by atoms with Crippen LogP contribution in [-0.4, -0.2) is 39.3 Å². The van der Waals surface area contributed by atoms with Gasteiger partial charge in [-0.25, -0.2) is 9.37 Å². The third kappa shape index (κ3) is 4.24. The molecule has 0 unspecified atom stereocenters. The van der Waals surface area contributed by atoms with E-state index >= 15 is 0 Å². The highest BCUT2D eigenvalue weighted by molar-refractivity contribution is 7.85. The first-order chi connectivity index (χ1) is 9.35. The molecule has 6 heteroatoms. The summed E-state index contributed by atoms with van der Waals surface area (Å²) in [4.78, 5) is 6.34. The highest BCUT2D eigenvalue weighted by atomic mass is 32.2. The van der Waals surface area contributed by atoms with Gasteiger partial charge in [0.1, 0.15) is 11.6 Å². The molecule has 0 atom stereocenters. The van der Waals surface area contributed by atoms with Crippen LogP contribution in [0.3, 0.4) is 0 Å². The molecule has 0 aromatic carbocycles. The lowest BCUT2D eigenvalue weighted by Gasteiger charge is -2.30. The number of hydrogen-bond acceptors (Lipinski definition) is 4. The molecule has 0 radical (unpaired) electrons. The number of nitrogens with one attached hydrogen (secondary N) is 1. The van der Waals surface area contributed by atoms with E-state index in [4.69, 9.17) is 0 Å². The van der Waals surface area contributed by atoms with Crippen molar-refractivity contribution >= 4 is 16.6 Å². The zero-order chi connectivity index (χ0) is 14.8. The smallest absolute Gasteiger partial charge is 0.141 e. The summed E-state index contributed by atoms with van der Waals surface area (Å²) in [5.41, 5.74) is 0.820. The Bertz CT molecular complexity index is 492. The molecule has 0 spiro atoms. The number of pyridine rings is 1. The molecule has 20 heavy (non-hydrogen) atoms. The van der Waals surface area contributed by atoms with E-state index < -0.39 is 10.8 Å². The molecule has 4 nitrogen and oxygen atoms in total. The van der Waals surface area contributed by atoms with E-state index in [9.17, 15) is 8.60 Å². The second kappa shape index (κ2) is 6.18. The van der Waals surface area contributed by atoms with Crippen molar-refractivity contribution in [2.45, 2.75) is 32.9 Å². The highest BCUT2D eigenvalue weighted by Gasteiger charge is 2.20. The maximum atomic E-state index is 13.4. The second-order valence-electron chi connectivity index (χ2n) is 6.07. The SMILES string of the molecule is CC(C)(C)NCc1cc(F)cnc1N1CCS(=O)CC1. The lowest BCUT2D eigenvalue weighted by molar-refractivity contribution is 0.423. The van der Waals surface area contributed by atoms with E-state index in [1.165, 1.54) is 12.3 Å². The molecule has 0 amide bonds. The van der Waals surface area contributed by atoms with Crippen molar-refractivity contribution in [3.05, 3.63) is 23.6 Å². The van der Waals surface area contributed by atoms with Crippen LogP contribution in [0.1, 0.15) is 26.3 Å². The standard InChI is InChI=1S/C14H22FN3OS/c1-14(2,3)17-9-11-8-12(15)10-16-13(11)18-4-6-20(19)7-5-18/h8,10,17H,4-7,9H2,1-3H3. The van der Waals surface area contributed by atoms with E-state index in [-0.39, 0.29) is 11.4 Å². The van der Waals surface area contributed by atoms with Gasteiger partial charge in [0.05, 0.1) is 6.20 Å². The molecule has 2 heterocycles. The summed E-state index contributed by atoms with van der Waals surface area (Å²) >= 11 is 0. The average molecular weight is 299 g/mol. The van der Waals surface area contributed by atoms with Crippen LogP contribution in [-0.2, 0) is 17.3 Å². The normalized spacial score (nSPS) is 17.5. The van der Waals surface area contributed by atoms with E-state index in [0.717, 1.165) is 11.4 Å². The fraction of sp³-hybridized carbons (Fsp3) is 0.643. The summed E-state index contributed by atoms with van der Waals surface area (Å²) in [6.45, 7) is 8.22. The Balaban J connectivity index is 2.17. The molecule has 0 bridgehead atoms. The van der Waals surface area contributed by atoms with Crippen molar-refractivity contribution in [1.29, 1.82) is 0 Å². The molecule has 1 N–H and O–H groups in total. The van der Waals surface area contributed by atoms with Gasteiger partial charge in [0, 0.05) is 53.0 Å². The van der Waals surface area contributed by atoms with Gasteiger partial charge in [-0.15, -0.1) is 0 Å². The molecule has 2 rings (SSSR count). The fourth-order valence-electron chi connectivity index (χ4n) is 2.10. The third-order valence-corrected chi connectivity index (χ3v) is 4.47. The molecule has 1 aromatic rings. The van der Waals surface area contributed by atoms with Crippen molar-refractivity contribution < 1.29 is 8.60 Å². The number of halogens is 1. The topological polar surface area (TPSA) is 45.2 Å². The number of nitrogens with zero attached hydrogens (tertiary/aromatic N) is 2. The van der Waals surface area contributed by atoms with E-state index in [1.807, 2.05) is 0 Å². The summed E-state index contributed by atoms with van der Waals surface area (Å²) in [7, 11) is -0.723. The van der Waals surface area contributed by atoms with Gasteiger partial charge in [-0.05, 0) is 26.8 Å². The maximum Gasteiger partial charge on any atom is 0.141 e. The van der Waals surface area contributed by atoms with Crippen LogP contribution < -0.4 is 10.2 Å². The van der Waals surface area contributed by atoms with Gasteiger partial charge in [0.15, 0.2) is 0 Å². The van der Waals surface area contributed by atoms with Crippen molar-refractivity contribution in [3.8, 4) is 0 Å². The molecule has 0 aliphatic carbocycles. The Morgan fingerprint density at radius 1 is 1.40 bits per heavy atom. The molecule has 1 aliphatic heterocycles. The van der Waals surface area contributed by atoms with Gasteiger partial charge in [0.2, 0.25) is 0 Å². The van der Waals surface area contributed by atoms with Crippen LogP contribution in [0.4, 0.5) is 10.2 Å². The van der Waals surface area contributed by atoms with Crippen LogP contribution in [0.5, 0.6) is 0 Å². The molecule has 112 valence electrons. The average Bonchev–Trinajstić information content (AvgIpc) is 2.37. The highest BCUT2D eigenvalue weighted by Crippen LogP contribution is 2.20. The largest absolute Gasteiger partial charge is 0.355 e. The van der Waals surface area contributed by atoms with Gasteiger partial charge in [-0.3, -0.25) is 4.21 Å². The Morgan fingerprint density at radius 3 is 2.65 bits per heavy atom. The predicted octanol–water partition coefficient (Wildman–Crippen LogP) is 1.68. The quantitative estimate of drug-likeness (QED) is 0.922. The van der Waals surface area contributed by atoms with Crippen LogP contribution >= 0.6 is 0 Å². The Labute approximate surface area is 122 Å². The van der Waals surface area contributed by atoms with E-state index in [0.29, 0.717) is 31.1 Å². The van der Waals surface area contributed by atoms with Crippen molar-refractivity contribution in [3.63, 3.8) is 0 Å². The van der Waals surface area contributed by atoms with Crippen LogP contribution in [0.25, 0.3) is 0 Å². The van der Waals surface area contributed by atoms with Gasteiger partial charge in [-0.1, -0.05) is 0 Å². The lowest BCUT2D eigenvalue weighted by atomic mass is 10.1. The predicted molar refractivity (Wildman–Crippen MR) is 80.9 cm³/mol. The Kier molecular flexibility index (Phi) is 4.75. The lowest BCUT2D eigenvalue weighted by Crippen LogP contribution is -2.40. The zero-order valence-electron chi connectivity index (χ0n) is 12.3. The number of hydrogen-bond donors (Lipinski definition) is 1. The number of rotatable bonds is 3. The molecular weight excluding hydrogens is 277 g/mol. The number of aromatic nitrogens is 1. The molecule has 1 aliphatic rings. The summed E-state index contributed by atoms with van der Waals surface area (Å²) < 4.78 is 24.9. The first-order valence-electron chi connectivity index (χ1n) is 6.84. The number of anilines is 1. The monoisotopic (exact) mass is 299 g/mol. The molecule has 1 saturated heterocycles. The minimum absolute atomic E-state index is 0.0347. The maximum absolute atomic E-state index is 13.4.